The molecule has 0 radical (unpaired) electrons. The Morgan fingerprint density at radius 1 is 0.852 bits per heavy atom. The van der Waals surface area contributed by atoms with Crippen LogP contribution in [0.1, 0.15) is 43.9 Å². The second kappa shape index (κ2) is 7.75. The number of rotatable bonds is 10. The molecule has 1 aromatic rings. The summed E-state index contributed by atoms with van der Waals surface area (Å²) < 4.78 is 25.5. The molecule has 3 unspecified atom stereocenters. The molecule has 3 fully saturated rings. The molecule has 0 aliphatic carbocycles. The summed E-state index contributed by atoms with van der Waals surface area (Å²) in [6.07, 6.45) is 0.789. The zero-order chi connectivity index (χ0) is 18.8. The van der Waals surface area contributed by atoms with Crippen LogP contribution in [-0.4, -0.2) is 69.1 Å². The third kappa shape index (κ3) is 5.12. The van der Waals surface area contributed by atoms with Crippen molar-refractivity contribution >= 4 is 17.7 Å². The molecule has 3 heterocycles. The van der Waals surface area contributed by atoms with Crippen molar-refractivity contribution in [1.29, 1.82) is 0 Å². The number of hydrogen-bond acceptors (Lipinski definition) is 8. The van der Waals surface area contributed by atoms with Crippen LogP contribution in [0.3, 0.4) is 0 Å². The highest BCUT2D eigenvalue weighted by Crippen LogP contribution is 2.22. The number of ether oxygens (including phenoxy) is 5. The van der Waals surface area contributed by atoms with Gasteiger partial charge < -0.3 is 23.7 Å². The first-order valence-electron chi connectivity index (χ1n) is 8.96. The van der Waals surface area contributed by atoms with Crippen LogP contribution in [0.25, 0.3) is 0 Å². The van der Waals surface area contributed by atoms with Crippen molar-refractivity contribution < 1.29 is 38.1 Å². The lowest BCUT2D eigenvalue weighted by Crippen LogP contribution is -2.17. The Bertz CT molecular complexity index is 746. The lowest BCUT2D eigenvalue weighted by Gasteiger charge is -2.11. The second-order valence-electron chi connectivity index (χ2n) is 6.79. The summed E-state index contributed by atoms with van der Waals surface area (Å²) in [7, 11) is 0. The zero-order valence-corrected chi connectivity index (χ0v) is 14.7. The third-order valence-corrected chi connectivity index (χ3v) is 4.48. The standard InChI is InChI=1S/C19H20O8/c20-17(4-2-12-6-23-12)16-5-11(18(21)26-9-13-7-24-13)1-3-15(16)19(22)27-10-14-8-25-14/h1,3,5,12-14H,2,4,6-10H2. The number of carbonyl (C=O) groups is 3. The number of benzene rings is 1. The van der Waals surface area contributed by atoms with E-state index >= 15 is 0 Å². The van der Waals surface area contributed by atoms with Gasteiger partial charge in [-0.05, 0) is 24.6 Å². The maximum atomic E-state index is 12.6. The first kappa shape index (κ1) is 18.1. The summed E-state index contributed by atoms with van der Waals surface area (Å²) in [5.74, 6) is -1.40. The molecule has 3 aliphatic heterocycles. The largest absolute Gasteiger partial charge is 0.459 e. The minimum Gasteiger partial charge on any atom is -0.459 e. The molecule has 8 nitrogen and oxygen atoms in total. The average Bonchev–Trinajstić information content (AvgIpc) is 3.54. The fraction of sp³-hybridized carbons (Fsp3) is 0.526. The molecule has 3 aliphatic rings. The third-order valence-electron chi connectivity index (χ3n) is 4.48. The first-order chi connectivity index (χ1) is 13.1. The molecule has 0 spiro atoms. The number of carbonyl (C=O) groups excluding carboxylic acids is 3. The lowest BCUT2D eigenvalue weighted by molar-refractivity contribution is 0.0461. The monoisotopic (exact) mass is 376 g/mol. The number of Topliss-reactive ketones (excluding diaryl/α,β-unsaturated/α-hetero) is 1. The van der Waals surface area contributed by atoms with Crippen LogP contribution < -0.4 is 0 Å². The van der Waals surface area contributed by atoms with Gasteiger partial charge in [-0.25, -0.2) is 9.59 Å². The molecule has 4 rings (SSSR count). The number of esters is 2. The molecular formula is C19H20O8. The quantitative estimate of drug-likeness (QED) is 0.340. The Morgan fingerprint density at radius 3 is 2.04 bits per heavy atom. The van der Waals surface area contributed by atoms with E-state index in [1.165, 1.54) is 18.2 Å². The maximum absolute atomic E-state index is 12.6. The zero-order valence-electron chi connectivity index (χ0n) is 14.7. The smallest absolute Gasteiger partial charge is 0.338 e. The molecule has 3 saturated heterocycles. The molecule has 8 heteroatoms. The van der Waals surface area contributed by atoms with Crippen LogP contribution in [0.2, 0.25) is 0 Å². The van der Waals surface area contributed by atoms with Gasteiger partial charge in [-0.1, -0.05) is 0 Å². The topological polar surface area (TPSA) is 107 Å². The molecule has 0 bridgehead atoms. The molecule has 144 valence electrons. The van der Waals surface area contributed by atoms with Crippen molar-refractivity contribution in [2.45, 2.75) is 31.2 Å². The average molecular weight is 376 g/mol. The lowest BCUT2D eigenvalue weighted by atomic mass is 9.97. The highest BCUT2D eigenvalue weighted by molar-refractivity contribution is 6.08. The van der Waals surface area contributed by atoms with Crippen molar-refractivity contribution in [2.24, 2.45) is 0 Å². The Hall–Kier alpha value is -2.29. The molecular weight excluding hydrogens is 356 g/mol. The van der Waals surface area contributed by atoms with Crippen LogP contribution >= 0.6 is 0 Å². The van der Waals surface area contributed by atoms with E-state index in [0.29, 0.717) is 26.2 Å². The van der Waals surface area contributed by atoms with Gasteiger partial charge in [0.2, 0.25) is 0 Å². The van der Waals surface area contributed by atoms with Gasteiger partial charge in [-0.3, -0.25) is 4.79 Å². The summed E-state index contributed by atoms with van der Waals surface area (Å²) >= 11 is 0. The van der Waals surface area contributed by atoms with E-state index in [0.717, 1.165) is 0 Å². The van der Waals surface area contributed by atoms with E-state index in [1.54, 1.807) is 0 Å². The predicted molar refractivity (Wildman–Crippen MR) is 89.8 cm³/mol. The first-order valence-corrected chi connectivity index (χ1v) is 8.96. The Balaban J connectivity index is 1.48. The summed E-state index contributed by atoms with van der Waals surface area (Å²) in [5, 5.41) is 0. The van der Waals surface area contributed by atoms with E-state index in [9.17, 15) is 14.4 Å². The van der Waals surface area contributed by atoms with Gasteiger partial charge in [0.25, 0.3) is 0 Å². The fourth-order valence-corrected chi connectivity index (χ4v) is 2.57. The van der Waals surface area contributed by atoms with Crippen LogP contribution in [-0.2, 0) is 23.7 Å². The fourth-order valence-electron chi connectivity index (χ4n) is 2.57. The Kier molecular flexibility index (Phi) is 5.20. The second-order valence-corrected chi connectivity index (χ2v) is 6.79. The van der Waals surface area contributed by atoms with Crippen molar-refractivity contribution in [2.75, 3.05) is 33.0 Å². The van der Waals surface area contributed by atoms with E-state index in [2.05, 4.69) is 0 Å². The Morgan fingerprint density at radius 2 is 1.44 bits per heavy atom. The minimum atomic E-state index is -0.609. The number of epoxide rings is 3. The van der Waals surface area contributed by atoms with Crippen LogP contribution in [0.5, 0.6) is 0 Å². The van der Waals surface area contributed by atoms with E-state index in [4.69, 9.17) is 23.7 Å². The molecule has 0 saturated carbocycles. The van der Waals surface area contributed by atoms with E-state index < -0.39 is 11.9 Å². The van der Waals surface area contributed by atoms with Gasteiger partial charge in [0.1, 0.15) is 25.4 Å². The molecule has 0 aromatic heterocycles. The summed E-state index contributed by atoms with van der Waals surface area (Å²) in [4.78, 5) is 37.2. The number of ketones is 1. The van der Waals surface area contributed by atoms with Crippen LogP contribution in [0, 0.1) is 0 Å². The van der Waals surface area contributed by atoms with E-state index in [-0.39, 0.29) is 60.4 Å². The molecule has 0 amide bonds. The normalized spacial score (nSPS) is 24.8. The SMILES string of the molecule is O=C(OCC1CO1)c1ccc(C(=O)OCC2CO2)c(C(=O)CCC2CO2)c1. The minimum absolute atomic E-state index is 0.0486. The maximum Gasteiger partial charge on any atom is 0.338 e. The van der Waals surface area contributed by atoms with Gasteiger partial charge in [0.15, 0.2) is 5.78 Å². The summed E-state index contributed by atoms with van der Waals surface area (Å²) in [6.45, 7) is 2.12. The van der Waals surface area contributed by atoms with Gasteiger partial charge in [-0.2, -0.15) is 0 Å². The number of hydrogen-bond donors (Lipinski definition) is 0. The highest BCUT2D eigenvalue weighted by Gasteiger charge is 2.29. The van der Waals surface area contributed by atoms with Gasteiger partial charge >= 0.3 is 11.9 Å². The Labute approximate surface area is 155 Å². The van der Waals surface area contributed by atoms with Crippen molar-refractivity contribution in [3.05, 3.63) is 34.9 Å². The van der Waals surface area contributed by atoms with Crippen molar-refractivity contribution in [1.82, 2.24) is 0 Å². The molecule has 0 N–H and O–H groups in total. The summed E-state index contributed by atoms with van der Waals surface area (Å²) in [6, 6.07) is 4.29. The van der Waals surface area contributed by atoms with E-state index in [1.807, 2.05) is 0 Å². The molecule has 1 aromatic carbocycles. The van der Waals surface area contributed by atoms with Gasteiger partial charge in [0.05, 0.1) is 37.1 Å². The van der Waals surface area contributed by atoms with Gasteiger partial charge in [0, 0.05) is 12.0 Å². The summed E-state index contributed by atoms with van der Waals surface area (Å²) in [5.41, 5.74) is 0.512. The highest BCUT2D eigenvalue weighted by atomic mass is 16.6. The molecule has 3 atom stereocenters. The predicted octanol–water partition coefficient (Wildman–Crippen LogP) is 1.16. The van der Waals surface area contributed by atoms with Crippen LogP contribution in [0.15, 0.2) is 18.2 Å². The van der Waals surface area contributed by atoms with Crippen LogP contribution in [0.4, 0.5) is 0 Å². The van der Waals surface area contributed by atoms with Gasteiger partial charge in [-0.15, -0.1) is 0 Å². The molecule has 27 heavy (non-hydrogen) atoms. The van der Waals surface area contributed by atoms with Crippen molar-refractivity contribution in [3.63, 3.8) is 0 Å². The van der Waals surface area contributed by atoms with Crippen molar-refractivity contribution in [3.8, 4) is 0 Å².